The molecule has 0 fully saturated rings. The maximum atomic E-state index is 6.15. The molecule has 0 saturated heterocycles. The number of allylic oxidation sites excluding steroid dienone is 4. The molecule has 80 valence electrons. The topological polar surface area (TPSA) is 9.23 Å². The van der Waals surface area contributed by atoms with Crippen molar-refractivity contribution in [2.45, 2.75) is 51.9 Å². The molecule has 0 aromatic rings. The molecular formula is C12H22OSi. The van der Waals surface area contributed by atoms with E-state index in [1.54, 1.807) is 0 Å². The third-order valence-electron chi connectivity index (χ3n) is 2.06. The predicted octanol–water partition coefficient (Wildman–Crippen LogP) is 3.89. The number of hydrogen-bond acceptors (Lipinski definition) is 1. The minimum absolute atomic E-state index is 0.00139. The van der Waals surface area contributed by atoms with E-state index in [1.165, 1.54) is 5.57 Å². The van der Waals surface area contributed by atoms with Crippen molar-refractivity contribution in [2.75, 3.05) is 0 Å². The molecule has 0 atom stereocenters. The van der Waals surface area contributed by atoms with Gasteiger partial charge in [-0.05, 0) is 46.3 Å². The molecule has 0 saturated carbocycles. The van der Waals surface area contributed by atoms with Crippen LogP contribution >= 0.6 is 0 Å². The second kappa shape index (κ2) is 4.03. The second-order valence-corrected chi connectivity index (χ2v) is 9.65. The zero-order chi connectivity index (χ0) is 10.8. The Morgan fingerprint density at radius 3 is 2.43 bits per heavy atom. The van der Waals surface area contributed by atoms with Gasteiger partial charge in [-0.3, -0.25) is 0 Å². The van der Waals surface area contributed by atoms with E-state index in [0.29, 0.717) is 0 Å². The Morgan fingerprint density at radius 2 is 2.00 bits per heavy atom. The molecule has 0 aliphatic heterocycles. The molecule has 1 nitrogen and oxygen atoms in total. The van der Waals surface area contributed by atoms with Crippen LogP contribution in [-0.4, -0.2) is 13.9 Å². The molecule has 1 rings (SSSR count). The molecule has 0 aromatic carbocycles. The van der Waals surface area contributed by atoms with Crippen LogP contribution in [-0.2, 0) is 4.43 Å². The van der Waals surface area contributed by atoms with E-state index in [9.17, 15) is 0 Å². The fraction of sp³-hybridized carbons (Fsp3) is 0.667. The minimum atomic E-state index is -1.52. The van der Waals surface area contributed by atoms with Gasteiger partial charge in [-0.2, -0.15) is 0 Å². The molecule has 0 amide bonds. The summed E-state index contributed by atoms with van der Waals surface area (Å²) in [6, 6.07) is 1.14. The van der Waals surface area contributed by atoms with E-state index < -0.39 is 8.32 Å². The van der Waals surface area contributed by atoms with Crippen molar-refractivity contribution in [3.05, 3.63) is 23.8 Å². The second-order valence-electron chi connectivity index (χ2n) is 5.57. The average Bonchev–Trinajstić information content (AvgIpc) is 2.31. The number of rotatable bonds is 3. The fourth-order valence-corrected chi connectivity index (χ4v) is 4.97. The van der Waals surface area contributed by atoms with Gasteiger partial charge in [-0.1, -0.05) is 23.8 Å². The van der Waals surface area contributed by atoms with Crippen molar-refractivity contribution in [1.29, 1.82) is 0 Å². The summed E-state index contributed by atoms with van der Waals surface area (Å²) < 4.78 is 6.15. The summed E-state index contributed by atoms with van der Waals surface area (Å²) in [5.41, 5.74) is 1.46. The summed E-state index contributed by atoms with van der Waals surface area (Å²) in [6.07, 6.45) is 7.87. The summed E-state index contributed by atoms with van der Waals surface area (Å²) in [6.45, 7) is 11.0. The molecule has 0 unspecified atom stereocenters. The highest BCUT2D eigenvalue weighted by molar-refractivity contribution is 6.71. The molecule has 0 heterocycles. The summed E-state index contributed by atoms with van der Waals surface area (Å²) >= 11 is 0. The van der Waals surface area contributed by atoms with Crippen LogP contribution in [0.15, 0.2) is 23.8 Å². The van der Waals surface area contributed by atoms with Crippen LogP contribution in [0.1, 0.15) is 27.2 Å². The molecule has 1 aliphatic carbocycles. The van der Waals surface area contributed by atoms with E-state index in [1.807, 2.05) is 0 Å². The zero-order valence-corrected chi connectivity index (χ0v) is 11.1. The first-order valence-electron chi connectivity index (χ1n) is 5.34. The Kier molecular flexibility index (Phi) is 3.38. The lowest BCUT2D eigenvalue weighted by Crippen LogP contribution is -2.39. The average molecular weight is 210 g/mol. The first kappa shape index (κ1) is 11.7. The lowest BCUT2D eigenvalue weighted by Gasteiger charge is -2.32. The van der Waals surface area contributed by atoms with Crippen molar-refractivity contribution in [1.82, 2.24) is 0 Å². The van der Waals surface area contributed by atoms with Gasteiger partial charge in [-0.25, -0.2) is 0 Å². The van der Waals surface area contributed by atoms with E-state index in [0.717, 1.165) is 12.5 Å². The summed E-state index contributed by atoms with van der Waals surface area (Å²) in [4.78, 5) is 0. The zero-order valence-electron chi connectivity index (χ0n) is 10.1. The Hall–Kier alpha value is -0.343. The summed E-state index contributed by atoms with van der Waals surface area (Å²) in [7, 11) is -1.52. The highest BCUT2D eigenvalue weighted by Gasteiger charge is 2.29. The SMILES string of the molecule is CC(C)(C)O[Si](C)(C)CC1=CCC=C1. The molecule has 1 aliphatic rings. The fourth-order valence-electron chi connectivity index (χ4n) is 1.99. The van der Waals surface area contributed by atoms with Gasteiger partial charge in [0.1, 0.15) is 0 Å². The molecule has 0 N–H and O–H groups in total. The molecule has 0 spiro atoms. The van der Waals surface area contributed by atoms with Crippen molar-refractivity contribution in [3.8, 4) is 0 Å². The van der Waals surface area contributed by atoms with Crippen LogP contribution in [0.2, 0.25) is 19.1 Å². The lowest BCUT2D eigenvalue weighted by molar-refractivity contribution is 0.121. The Balaban J connectivity index is 2.53. The predicted molar refractivity (Wildman–Crippen MR) is 65.0 cm³/mol. The van der Waals surface area contributed by atoms with Crippen LogP contribution in [0.4, 0.5) is 0 Å². The van der Waals surface area contributed by atoms with Gasteiger partial charge in [0, 0.05) is 5.60 Å². The molecule has 0 radical (unpaired) electrons. The normalized spacial score (nSPS) is 17.4. The van der Waals surface area contributed by atoms with Crippen LogP contribution in [0.25, 0.3) is 0 Å². The first-order chi connectivity index (χ1) is 6.29. The van der Waals surface area contributed by atoms with Crippen molar-refractivity contribution in [3.63, 3.8) is 0 Å². The third kappa shape index (κ3) is 4.25. The van der Waals surface area contributed by atoms with Crippen molar-refractivity contribution >= 4 is 8.32 Å². The Labute approximate surface area is 89.0 Å². The Morgan fingerprint density at radius 1 is 1.36 bits per heavy atom. The molecule has 2 heteroatoms. The molecular weight excluding hydrogens is 188 g/mol. The van der Waals surface area contributed by atoms with Crippen molar-refractivity contribution in [2.24, 2.45) is 0 Å². The van der Waals surface area contributed by atoms with Crippen LogP contribution in [0.5, 0.6) is 0 Å². The van der Waals surface area contributed by atoms with Gasteiger partial charge in [0.05, 0.1) is 0 Å². The van der Waals surface area contributed by atoms with E-state index in [4.69, 9.17) is 4.43 Å². The smallest absolute Gasteiger partial charge is 0.191 e. The van der Waals surface area contributed by atoms with E-state index in [2.05, 4.69) is 52.1 Å². The van der Waals surface area contributed by atoms with Gasteiger partial charge in [-0.15, -0.1) is 0 Å². The maximum absolute atomic E-state index is 6.15. The van der Waals surface area contributed by atoms with Gasteiger partial charge in [0.25, 0.3) is 0 Å². The quantitative estimate of drug-likeness (QED) is 0.642. The standard InChI is InChI=1S/C12H22OSi/c1-12(2,3)13-14(4,5)10-11-8-6-7-9-11/h6,8-9H,7,10H2,1-5H3. The van der Waals surface area contributed by atoms with E-state index >= 15 is 0 Å². The highest BCUT2D eigenvalue weighted by atomic mass is 28.4. The minimum Gasteiger partial charge on any atom is -0.412 e. The monoisotopic (exact) mass is 210 g/mol. The largest absolute Gasteiger partial charge is 0.412 e. The third-order valence-corrected chi connectivity index (χ3v) is 4.49. The first-order valence-corrected chi connectivity index (χ1v) is 8.46. The van der Waals surface area contributed by atoms with Crippen molar-refractivity contribution < 1.29 is 4.43 Å². The lowest BCUT2D eigenvalue weighted by atomic mass is 10.2. The van der Waals surface area contributed by atoms with Crippen LogP contribution in [0, 0.1) is 0 Å². The Bertz CT molecular complexity index is 256. The number of hydrogen-bond donors (Lipinski definition) is 0. The van der Waals surface area contributed by atoms with Gasteiger partial charge >= 0.3 is 0 Å². The van der Waals surface area contributed by atoms with E-state index in [-0.39, 0.29) is 5.60 Å². The van der Waals surface area contributed by atoms with Gasteiger partial charge < -0.3 is 4.43 Å². The van der Waals surface area contributed by atoms with Gasteiger partial charge in [0.15, 0.2) is 8.32 Å². The highest BCUT2D eigenvalue weighted by Crippen LogP contribution is 2.26. The van der Waals surface area contributed by atoms with Crippen LogP contribution < -0.4 is 0 Å². The van der Waals surface area contributed by atoms with Crippen LogP contribution in [0.3, 0.4) is 0 Å². The molecule has 0 bridgehead atoms. The summed E-state index contributed by atoms with van der Waals surface area (Å²) in [5, 5.41) is 0. The summed E-state index contributed by atoms with van der Waals surface area (Å²) in [5.74, 6) is 0. The molecule has 0 aromatic heterocycles. The maximum Gasteiger partial charge on any atom is 0.191 e. The van der Waals surface area contributed by atoms with Gasteiger partial charge in [0.2, 0.25) is 0 Å². The molecule has 14 heavy (non-hydrogen) atoms.